The van der Waals surface area contributed by atoms with Crippen molar-refractivity contribution in [2.75, 3.05) is 6.54 Å². The van der Waals surface area contributed by atoms with Crippen molar-refractivity contribution in [2.45, 2.75) is 17.5 Å². The summed E-state index contributed by atoms with van der Waals surface area (Å²) in [5, 5.41) is 1.77. The van der Waals surface area contributed by atoms with Crippen LogP contribution in [0.3, 0.4) is 0 Å². The summed E-state index contributed by atoms with van der Waals surface area (Å²) in [6.07, 6.45) is 1.86. The summed E-state index contributed by atoms with van der Waals surface area (Å²) < 4.78 is 58.2. The standard InChI is InChI=1S/C23H18F2N2O2S/c24-20-10-8-18(15-21(20)25)23-22-6-3-11-26(22)12-13-27(23)30(28,29)19-9-7-16-4-1-2-5-17(16)14-19/h1-11,14-15,23H,12-13H2/t23-/m0/s1. The maximum Gasteiger partial charge on any atom is 0.244 e. The number of fused-ring (bicyclic) bond motifs is 2. The molecular formula is C23H18F2N2O2S. The molecule has 152 valence electrons. The van der Waals surface area contributed by atoms with Gasteiger partial charge in [-0.2, -0.15) is 4.31 Å². The van der Waals surface area contributed by atoms with Gasteiger partial charge < -0.3 is 4.57 Å². The van der Waals surface area contributed by atoms with Crippen LogP contribution in [0.25, 0.3) is 10.8 Å². The maximum atomic E-state index is 14.0. The van der Waals surface area contributed by atoms with Gasteiger partial charge in [-0.25, -0.2) is 17.2 Å². The third-order valence-electron chi connectivity index (χ3n) is 5.58. The van der Waals surface area contributed by atoms with Crippen LogP contribution >= 0.6 is 0 Å². The van der Waals surface area contributed by atoms with Crippen molar-refractivity contribution >= 4 is 20.8 Å². The summed E-state index contributed by atoms with van der Waals surface area (Å²) in [5.41, 5.74) is 1.11. The SMILES string of the molecule is O=S(=O)(c1ccc2ccccc2c1)N1CCn2cccc2[C@@H]1c1ccc(F)c(F)c1. The van der Waals surface area contributed by atoms with Gasteiger partial charge >= 0.3 is 0 Å². The lowest BCUT2D eigenvalue weighted by atomic mass is 10.0. The molecule has 0 aliphatic carbocycles. The van der Waals surface area contributed by atoms with Crippen LogP contribution in [0, 0.1) is 11.6 Å². The van der Waals surface area contributed by atoms with Gasteiger partial charge in [-0.05, 0) is 52.7 Å². The van der Waals surface area contributed by atoms with Crippen LogP contribution in [0.15, 0.2) is 83.9 Å². The number of hydrogen-bond donors (Lipinski definition) is 0. The first-order chi connectivity index (χ1) is 14.4. The Kier molecular flexibility index (Phi) is 4.45. The van der Waals surface area contributed by atoms with Gasteiger partial charge in [0, 0.05) is 25.0 Å². The zero-order valence-electron chi connectivity index (χ0n) is 15.9. The van der Waals surface area contributed by atoms with Crippen molar-refractivity contribution in [3.8, 4) is 0 Å². The molecule has 1 aliphatic heterocycles. The highest BCUT2D eigenvalue weighted by molar-refractivity contribution is 7.89. The average molecular weight is 424 g/mol. The molecule has 4 aromatic rings. The number of aromatic nitrogens is 1. The zero-order valence-corrected chi connectivity index (χ0v) is 16.7. The lowest BCUT2D eigenvalue weighted by Gasteiger charge is -2.36. The van der Waals surface area contributed by atoms with E-state index in [4.69, 9.17) is 0 Å². The van der Waals surface area contributed by atoms with Gasteiger partial charge in [0.25, 0.3) is 0 Å². The average Bonchev–Trinajstić information content (AvgIpc) is 3.23. The molecule has 7 heteroatoms. The molecule has 0 fully saturated rings. The molecule has 0 N–H and O–H groups in total. The van der Waals surface area contributed by atoms with E-state index in [9.17, 15) is 17.2 Å². The molecule has 0 saturated heterocycles. The molecule has 0 amide bonds. The minimum Gasteiger partial charge on any atom is -0.348 e. The van der Waals surface area contributed by atoms with E-state index in [1.807, 2.05) is 47.2 Å². The van der Waals surface area contributed by atoms with Gasteiger partial charge in [-0.3, -0.25) is 0 Å². The predicted molar refractivity (Wildman–Crippen MR) is 110 cm³/mol. The second-order valence-corrected chi connectivity index (χ2v) is 9.22. The van der Waals surface area contributed by atoms with Crippen LogP contribution < -0.4 is 0 Å². The fourth-order valence-corrected chi connectivity index (χ4v) is 5.72. The molecule has 1 aromatic heterocycles. The van der Waals surface area contributed by atoms with E-state index >= 15 is 0 Å². The first kappa shape index (κ1) is 19.0. The van der Waals surface area contributed by atoms with E-state index in [2.05, 4.69) is 0 Å². The first-order valence-corrected chi connectivity index (χ1v) is 11.0. The Labute approximate surface area is 173 Å². The van der Waals surface area contributed by atoms with E-state index in [0.29, 0.717) is 12.1 Å². The smallest absolute Gasteiger partial charge is 0.244 e. The van der Waals surface area contributed by atoms with Crippen LogP contribution in [0.2, 0.25) is 0 Å². The molecule has 0 saturated carbocycles. The fraction of sp³-hybridized carbons (Fsp3) is 0.130. The van der Waals surface area contributed by atoms with E-state index < -0.39 is 27.7 Å². The first-order valence-electron chi connectivity index (χ1n) is 9.56. The van der Waals surface area contributed by atoms with Gasteiger partial charge in [-0.15, -0.1) is 0 Å². The van der Waals surface area contributed by atoms with Crippen LogP contribution in [0.5, 0.6) is 0 Å². The van der Waals surface area contributed by atoms with Crippen molar-refractivity contribution in [3.05, 3.63) is 102 Å². The molecule has 3 aromatic carbocycles. The molecule has 5 rings (SSSR count). The Bertz CT molecular complexity index is 1360. The minimum absolute atomic E-state index is 0.175. The van der Waals surface area contributed by atoms with Crippen LogP contribution in [-0.2, 0) is 16.6 Å². The minimum atomic E-state index is -3.89. The highest BCUT2D eigenvalue weighted by Crippen LogP contribution is 2.37. The Morgan fingerprint density at radius 1 is 0.800 bits per heavy atom. The van der Waals surface area contributed by atoms with E-state index in [0.717, 1.165) is 28.6 Å². The summed E-state index contributed by atoms with van der Waals surface area (Å²) in [6, 6.07) is 19.0. The molecule has 0 bridgehead atoms. The van der Waals surface area contributed by atoms with Crippen molar-refractivity contribution in [3.63, 3.8) is 0 Å². The molecule has 0 unspecified atom stereocenters. The van der Waals surface area contributed by atoms with Gasteiger partial charge in [0.2, 0.25) is 10.0 Å². The Balaban J connectivity index is 1.65. The molecule has 0 radical (unpaired) electrons. The summed E-state index contributed by atoms with van der Waals surface area (Å²) in [4.78, 5) is 0.175. The molecular weight excluding hydrogens is 406 g/mol. The lowest BCUT2D eigenvalue weighted by molar-refractivity contribution is 0.297. The largest absolute Gasteiger partial charge is 0.348 e. The number of nitrogens with zero attached hydrogens (tertiary/aromatic N) is 2. The maximum absolute atomic E-state index is 14.0. The van der Waals surface area contributed by atoms with Crippen molar-refractivity contribution in [1.82, 2.24) is 8.87 Å². The number of hydrogen-bond acceptors (Lipinski definition) is 2. The Hall–Kier alpha value is -3.03. The predicted octanol–water partition coefficient (Wildman–Crippen LogP) is 4.71. The summed E-state index contributed by atoms with van der Waals surface area (Å²) in [6.45, 7) is 0.704. The summed E-state index contributed by atoms with van der Waals surface area (Å²) in [7, 11) is -3.89. The van der Waals surface area contributed by atoms with Gasteiger partial charge in [0.15, 0.2) is 11.6 Å². The van der Waals surface area contributed by atoms with Gasteiger partial charge in [0.05, 0.1) is 10.9 Å². The van der Waals surface area contributed by atoms with Crippen molar-refractivity contribution < 1.29 is 17.2 Å². The number of rotatable bonds is 3. The van der Waals surface area contributed by atoms with Gasteiger partial charge in [0.1, 0.15) is 0 Å². The fourth-order valence-electron chi connectivity index (χ4n) is 4.10. The molecule has 1 atom stereocenters. The second-order valence-electron chi connectivity index (χ2n) is 7.33. The molecule has 0 spiro atoms. The number of sulfonamides is 1. The second kappa shape index (κ2) is 7.04. The van der Waals surface area contributed by atoms with Gasteiger partial charge in [-0.1, -0.05) is 36.4 Å². The normalized spacial score (nSPS) is 17.2. The van der Waals surface area contributed by atoms with Crippen LogP contribution in [0.1, 0.15) is 17.3 Å². The molecule has 30 heavy (non-hydrogen) atoms. The molecule has 2 heterocycles. The summed E-state index contributed by atoms with van der Waals surface area (Å²) >= 11 is 0. The quantitative estimate of drug-likeness (QED) is 0.478. The van der Waals surface area contributed by atoms with E-state index in [1.54, 1.807) is 18.2 Å². The zero-order chi connectivity index (χ0) is 20.9. The lowest BCUT2D eigenvalue weighted by Crippen LogP contribution is -2.42. The summed E-state index contributed by atoms with van der Waals surface area (Å²) in [5.74, 6) is -1.96. The number of halogens is 2. The molecule has 1 aliphatic rings. The van der Waals surface area contributed by atoms with Crippen molar-refractivity contribution in [2.24, 2.45) is 0 Å². The van der Waals surface area contributed by atoms with Crippen molar-refractivity contribution in [1.29, 1.82) is 0 Å². The van der Waals surface area contributed by atoms with Crippen LogP contribution in [0.4, 0.5) is 8.78 Å². The third-order valence-corrected chi connectivity index (χ3v) is 7.44. The van der Waals surface area contributed by atoms with E-state index in [1.165, 1.54) is 10.4 Å². The topological polar surface area (TPSA) is 42.3 Å². The number of benzene rings is 3. The van der Waals surface area contributed by atoms with Crippen LogP contribution in [-0.4, -0.2) is 23.8 Å². The monoisotopic (exact) mass is 424 g/mol. The Morgan fingerprint density at radius 2 is 1.60 bits per heavy atom. The third kappa shape index (κ3) is 3.02. The highest BCUT2D eigenvalue weighted by Gasteiger charge is 2.38. The highest BCUT2D eigenvalue weighted by atomic mass is 32.2. The Morgan fingerprint density at radius 3 is 2.40 bits per heavy atom. The molecule has 4 nitrogen and oxygen atoms in total. The van der Waals surface area contributed by atoms with E-state index in [-0.39, 0.29) is 11.4 Å².